The van der Waals surface area contributed by atoms with E-state index in [2.05, 4.69) is 29.2 Å². The zero-order chi connectivity index (χ0) is 14.7. The van der Waals surface area contributed by atoms with Gasteiger partial charge >= 0.3 is 0 Å². The van der Waals surface area contributed by atoms with E-state index in [-0.39, 0.29) is 11.7 Å². The average molecular weight is 279 g/mol. The van der Waals surface area contributed by atoms with E-state index < -0.39 is 0 Å². The topological polar surface area (TPSA) is 20.3 Å². The number of hydrogen-bond donors (Lipinski definition) is 0. The van der Waals surface area contributed by atoms with Crippen molar-refractivity contribution in [3.05, 3.63) is 65.7 Å². The van der Waals surface area contributed by atoms with Crippen molar-refractivity contribution in [2.45, 2.75) is 19.8 Å². The molecule has 0 radical (unpaired) electrons. The summed E-state index contributed by atoms with van der Waals surface area (Å²) in [4.78, 5) is 14.9. The van der Waals surface area contributed by atoms with Gasteiger partial charge in [0.25, 0.3) is 0 Å². The second-order valence-corrected chi connectivity index (χ2v) is 5.81. The van der Waals surface area contributed by atoms with E-state index in [9.17, 15) is 4.79 Å². The molecule has 2 nitrogen and oxygen atoms in total. The van der Waals surface area contributed by atoms with Gasteiger partial charge in [-0.05, 0) is 24.5 Å². The van der Waals surface area contributed by atoms with Gasteiger partial charge in [0.05, 0.1) is 0 Å². The van der Waals surface area contributed by atoms with E-state index in [4.69, 9.17) is 0 Å². The molecule has 0 bridgehead atoms. The largest absolute Gasteiger partial charge is 0.371 e. The van der Waals surface area contributed by atoms with Crippen molar-refractivity contribution in [2.75, 3.05) is 18.0 Å². The molecule has 1 unspecified atom stereocenters. The summed E-state index contributed by atoms with van der Waals surface area (Å²) in [7, 11) is 0. The molecule has 0 fully saturated rings. The number of ketones is 1. The number of aryl methyl sites for hydroxylation is 1. The second kappa shape index (κ2) is 6.13. The number of benzene rings is 2. The maximum Gasteiger partial charge on any atom is 0.167 e. The van der Waals surface area contributed by atoms with Crippen LogP contribution in [0.3, 0.4) is 0 Å². The standard InChI is InChI=1S/C19H21NO/c1-15(19(21)17-9-3-2-4-10-17)14-20-13-7-11-16-8-5-6-12-18(16)20/h2-6,8-10,12,15H,7,11,13-14H2,1H3. The summed E-state index contributed by atoms with van der Waals surface area (Å²) in [6, 6.07) is 18.2. The zero-order valence-electron chi connectivity index (χ0n) is 12.5. The Bertz CT molecular complexity index is 620. The van der Waals surface area contributed by atoms with Crippen LogP contribution < -0.4 is 4.90 Å². The fourth-order valence-electron chi connectivity index (χ4n) is 3.10. The van der Waals surface area contributed by atoms with Crippen molar-refractivity contribution in [1.29, 1.82) is 0 Å². The number of carbonyl (C=O) groups excluding carboxylic acids is 1. The van der Waals surface area contributed by atoms with Gasteiger partial charge in [-0.1, -0.05) is 55.5 Å². The van der Waals surface area contributed by atoms with Crippen LogP contribution in [0.25, 0.3) is 0 Å². The number of nitrogens with zero attached hydrogens (tertiary/aromatic N) is 1. The number of fused-ring (bicyclic) bond motifs is 1. The molecule has 1 aliphatic heterocycles. The normalized spacial score (nSPS) is 15.4. The van der Waals surface area contributed by atoms with Gasteiger partial charge in [0.15, 0.2) is 5.78 Å². The first kappa shape index (κ1) is 13.9. The average Bonchev–Trinajstić information content (AvgIpc) is 2.55. The lowest BCUT2D eigenvalue weighted by Crippen LogP contribution is -2.35. The molecule has 2 aromatic carbocycles. The molecule has 108 valence electrons. The lowest BCUT2D eigenvalue weighted by atomic mass is 9.96. The van der Waals surface area contributed by atoms with E-state index >= 15 is 0 Å². The molecule has 2 aromatic rings. The van der Waals surface area contributed by atoms with Crippen LogP contribution in [0.1, 0.15) is 29.3 Å². The molecule has 0 aromatic heterocycles. The van der Waals surface area contributed by atoms with E-state index in [1.165, 1.54) is 17.7 Å². The van der Waals surface area contributed by atoms with Crippen LogP contribution in [0.2, 0.25) is 0 Å². The molecule has 0 saturated carbocycles. The molecular weight excluding hydrogens is 258 g/mol. The molecule has 0 saturated heterocycles. The molecule has 0 amide bonds. The molecule has 1 atom stereocenters. The lowest BCUT2D eigenvalue weighted by Gasteiger charge is -2.33. The first-order chi connectivity index (χ1) is 10.3. The summed E-state index contributed by atoms with van der Waals surface area (Å²) in [5.74, 6) is 0.247. The molecule has 0 N–H and O–H groups in total. The fourth-order valence-corrected chi connectivity index (χ4v) is 3.10. The Morgan fingerprint density at radius 1 is 1.10 bits per heavy atom. The SMILES string of the molecule is CC(CN1CCCc2ccccc21)C(=O)c1ccccc1. The summed E-state index contributed by atoms with van der Waals surface area (Å²) in [5.41, 5.74) is 3.52. The van der Waals surface area contributed by atoms with Gasteiger partial charge in [0.2, 0.25) is 0 Å². The molecule has 0 spiro atoms. The minimum absolute atomic E-state index is 0.0126. The van der Waals surface area contributed by atoms with Crippen LogP contribution in [0.15, 0.2) is 54.6 Å². The number of Topliss-reactive ketones (excluding diaryl/α,β-unsaturated/α-hetero) is 1. The first-order valence-corrected chi connectivity index (χ1v) is 7.68. The maximum atomic E-state index is 12.5. The highest BCUT2D eigenvalue weighted by molar-refractivity contribution is 5.97. The molecule has 1 aliphatic rings. The van der Waals surface area contributed by atoms with Crippen molar-refractivity contribution >= 4 is 11.5 Å². The predicted molar refractivity (Wildman–Crippen MR) is 86.9 cm³/mol. The number of rotatable bonds is 4. The monoisotopic (exact) mass is 279 g/mol. The van der Waals surface area contributed by atoms with Crippen molar-refractivity contribution in [3.8, 4) is 0 Å². The Labute approximate surface area is 126 Å². The van der Waals surface area contributed by atoms with Crippen LogP contribution in [-0.2, 0) is 6.42 Å². The van der Waals surface area contributed by atoms with E-state index in [0.29, 0.717) is 0 Å². The molecular formula is C19H21NO. The van der Waals surface area contributed by atoms with Crippen LogP contribution in [0, 0.1) is 5.92 Å². The van der Waals surface area contributed by atoms with E-state index in [0.717, 1.165) is 25.1 Å². The minimum atomic E-state index is 0.0126. The van der Waals surface area contributed by atoms with Crippen molar-refractivity contribution in [2.24, 2.45) is 5.92 Å². The van der Waals surface area contributed by atoms with E-state index in [1.54, 1.807) is 0 Å². The molecule has 1 heterocycles. The van der Waals surface area contributed by atoms with Gasteiger partial charge in [0.1, 0.15) is 0 Å². The fraction of sp³-hybridized carbons (Fsp3) is 0.316. The highest BCUT2D eigenvalue weighted by Gasteiger charge is 2.22. The Morgan fingerprint density at radius 2 is 1.81 bits per heavy atom. The molecule has 3 rings (SSSR count). The molecule has 2 heteroatoms. The Kier molecular flexibility index (Phi) is 4.05. The van der Waals surface area contributed by atoms with Gasteiger partial charge in [0, 0.05) is 30.3 Å². The van der Waals surface area contributed by atoms with Crippen LogP contribution in [-0.4, -0.2) is 18.9 Å². The third-order valence-electron chi connectivity index (χ3n) is 4.21. The number of hydrogen-bond acceptors (Lipinski definition) is 2. The number of carbonyl (C=O) groups is 1. The molecule has 0 aliphatic carbocycles. The number of para-hydroxylation sites is 1. The van der Waals surface area contributed by atoms with Crippen LogP contribution >= 0.6 is 0 Å². The van der Waals surface area contributed by atoms with Crippen LogP contribution in [0.5, 0.6) is 0 Å². The third-order valence-corrected chi connectivity index (χ3v) is 4.21. The highest BCUT2D eigenvalue weighted by Crippen LogP contribution is 2.27. The van der Waals surface area contributed by atoms with Crippen molar-refractivity contribution in [3.63, 3.8) is 0 Å². The van der Waals surface area contributed by atoms with Gasteiger partial charge in [-0.3, -0.25) is 4.79 Å². The summed E-state index contributed by atoms with van der Waals surface area (Å²) in [5, 5.41) is 0. The first-order valence-electron chi connectivity index (χ1n) is 7.68. The van der Waals surface area contributed by atoms with Gasteiger partial charge < -0.3 is 4.90 Å². The second-order valence-electron chi connectivity index (χ2n) is 5.81. The predicted octanol–water partition coefficient (Wildman–Crippen LogP) is 3.96. The Hall–Kier alpha value is -2.09. The summed E-state index contributed by atoms with van der Waals surface area (Å²) in [6.45, 7) is 3.88. The minimum Gasteiger partial charge on any atom is -0.371 e. The number of anilines is 1. The van der Waals surface area contributed by atoms with Crippen molar-refractivity contribution < 1.29 is 4.79 Å². The zero-order valence-corrected chi connectivity index (χ0v) is 12.5. The summed E-state index contributed by atoms with van der Waals surface area (Å²) in [6.07, 6.45) is 2.32. The third kappa shape index (κ3) is 2.99. The van der Waals surface area contributed by atoms with Gasteiger partial charge in [-0.2, -0.15) is 0 Å². The molecule has 21 heavy (non-hydrogen) atoms. The van der Waals surface area contributed by atoms with Gasteiger partial charge in [-0.15, -0.1) is 0 Å². The highest BCUT2D eigenvalue weighted by atomic mass is 16.1. The lowest BCUT2D eigenvalue weighted by molar-refractivity contribution is 0.0932. The quantitative estimate of drug-likeness (QED) is 0.790. The summed E-state index contributed by atoms with van der Waals surface area (Å²) < 4.78 is 0. The van der Waals surface area contributed by atoms with Crippen molar-refractivity contribution in [1.82, 2.24) is 0 Å². The smallest absolute Gasteiger partial charge is 0.167 e. The van der Waals surface area contributed by atoms with Gasteiger partial charge in [-0.25, -0.2) is 0 Å². The van der Waals surface area contributed by atoms with Crippen LogP contribution in [0.4, 0.5) is 5.69 Å². The Morgan fingerprint density at radius 3 is 2.62 bits per heavy atom. The Balaban J connectivity index is 1.74. The maximum absolute atomic E-state index is 12.5. The summed E-state index contributed by atoms with van der Waals surface area (Å²) >= 11 is 0. The van der Waals surface area contributed by atoms with E-state index in [1.807, 2.05) is 37.3 Å².